The quantitative estimate of drug-likeness (QED) is 0.398. The first kappa shape index (κ1) is 18.6. The van der Waals surface area contributed by atoms with Gasteiger partial charge in [-0.25, -0.2) is 4.79 Å². The van der Waals surface area contributed by atoms with Crippen LogP contribution >= 0.6 is 69.0 Å². The van der Waals surface area contributed by atoms with Crippen molar-refractivity contribution in [3.63, 3.8) is 0 Å². The maximum absolute atomic E-state index is 12.1. The molecule has 0 radical (unpaired) electrons. The second-order valence-electron chi connectivity index (χ2n) is 4.26. The van der Waals surface area contributed by atoms with Crippen LogP contribution in [0.4, 0.5) is 10.5 Å². The third kappa shape index (κ3) is 4.64. The summed E-state index contributed by atoms with van der Waals surface area (Å²) >= 11 is 25.8. The number of benzene rings is 2. The minimum absolute atomic E-state index is 0.0182. The first-order valence-corrected chi connectivity index (χ1v) is 8.59. The van der Waals surface area contributed by atoms with E-state index in [1.807, 2.05) is 22.6 Å². The number of carbonyl (C=O) groups is 2. The summed E-state index contributed by atoms with van der Waals surface area (Å²) in [6, 6.07) is 6.86. The van der Waals surface area contributed by atoms with E-state index in [1.165, 1.54) is 24.3 Å². The fourth-order valence-corrected chi connectivity index (χ4v) is 3.04. The van der Waals surface area contributed by atoms with E-state index in [0.717, 1.165) is 0 Å². The Balaban J connectivity index is 2.12. The Morgan fingerprint density at radius 3 is 1.96 bits per heavy atom. The molecule has 4 nitrogen and oxygen atoms in total. The van der Waals surface area contributed by atoms with Crippen LogP contribution in [0.15, 0.2) is 30.3 Å². The largest absolute Gasteiger partial charge is 0.326 e. The predicted octanol–water partition coefficient (Wildman–Crippen LogP) is 5.87. The SMILES string of the molecule is O=C(NC(=O)c1c(Cl)cccc1Cl)Nc1cc(Cl)c(I)c(Cl)c1. The van der Waals surface area contributed by atoms with Gasteiger partial charge in [0.05, 0.1) is 29.2 Å². The van der Waals surface area contributed by atoms with Crippen molar-refractivity contribution >= 4 is 86.6 Å². The van der Waals surface area contributed by atoms with Crippen LogP contribution in [0, 0.1) is 3.57 Å². The molecule has 2 rings (SSSR count). The Labute approximate surface area is 165 Å². The lowest BCUT2D eigenvalue weighted by molar-refractivity contribution is 0.0967. The number of imide groups is 1. The molecule has 0 saturated carbocycles. The Kier molecular flexibility index (Phi) is 6.39. The highest BCUT2D eigenvalue weighted by atomic mass is 127. The monoisotopic (exact) mass is 502 g/mol. The van der Waals surface area contributed by atoms with Crippen LogP contribution in [0.1, 0.15) is 10.4 Å². The van der Waals surface area contributed by atoms with E-state index in [1.54, 1.807) is 6.07 Å². The van der Waals surface area contributed by atoms with Gasteiger partial charge in [0.2, 0.25) is 0 Å². The number of hydrogen-bond acceptors (Lipinski definition) is 2. The highest BCUT2D eigenvalue weighted by Gasteiger charge is 2.17. The molecule has 120 valence electrons. The summed E-state index contributed by atoms with van der Waals surface area (Å²) < 4.78 is 0.663. The molecule has 3 amide bonds. The zero-order valence-corrected chi connectivity index (χ0v) is 16.3. The fourth-order valence-electron chi connectivity index (χ4n) is 1.67. The number of amides is 3. The van der Waals surface area contributed by atoms with E-state index < -0.39 is 11.9 Å². The molecule has 2 N–H and O–H groups in total. The van der Waals surface area contributed by atoms with Crippen molar-refractivity contribution in [2.45, 2.75) is 0 Å². The topological polar surface area (TPSA) is 58.2 Å². The number of urea groups is 1. The molecule has 0 aromatic heterocycles. The van der Waals surface area contributed by atoms with Crippen LogP contribution in [0.3, 0.4) is 0 Å². The van der Waals surface area contributed by atoms with Gasteiger partial charge in [0.25, 0.3) is 5.91 Å². The van der Waals surface area contributed by atoms with E-state index in [9.17, 15) is 9.59 Å². The van der Waals surface area contributed by atoms with Crippen molar-refractivity contribution in [3.05, 3.63) is 59.6 Å². The van der Waals surface area contributed by atoms with Crippen LogP contribution in [-0.4, -0.2) is 11.9 Å². The van der Waals surface area contributed by atoms with Crippen LogP contribution in [0.25, 0.3) is 0 Å². The van der Waals surface area contributed by atoms with Crippen LogP contribution in [0.5, 0.6) is 0 Å². The average Bonchev–Trinajstić information content (AvgIpc) is 2.44. The first-order valence-electron chi connectivity index (χ1n) is 6.00. The molecule has 0 aliphatic carbocycles. The van der Waals surface area contributed by atoms with E-state index in [0.29, 0.717) is 19.3 Å². The Hall–Kier alpha value is -0.730. The molecule has 0 heterocycles. The molecule has 0 atom stereocenters. The van der Waals surface area contributed by atoms with Crippen LogP contribution < -0.4 is 10.6 Å². The zero-order valence-electron chi connectivity index (χ0n) is 11.1. The van der Waals surface area contributed by atoms with Gasteiger partial charge in [-0.15, -0.1) is 0 Å². The molecule has 0 fully saturated rings. The van der Waals surface area contributed by atoms with Gasteiger partial charge >= 0.3 is 6.03 Å². The molecule has 2 aromatic carbocycles. The van der Waals surface area contributed by atoms with Crippen molar-refractivity contribution in [1.82, 2.24) is 5.32 Å². The van der Waals surface area contributed by atoms with E-state index in [-0.39, 0.29) is 15.6 Å². The summed E-state index contributed by atoms with van der Waals surface area (Å²) in [6.07, 6.45) is 0. The first-order chi connectivity index (χ1) is 10.8. The number of anilines is 1. The van der Waals surface area contributed by atoms with Crippen molar-refractivity contribution in [1.29, 1.82) is 0 Å². The van der Waals surface area contributed by atoms with Gasteiger partial charge in [0.15, 0.2) is 0 Å². The van der Waals surface area contributed by atoms with Gasteiger partial charge in [-0.05, 0) is 46.9 Å². The molecule has 0 aliphatic heterocycles. The minimum atomic E-state index is -0.765. The maximum atomic E-state index is 12.1. The molecular formula is C14H7Cl4IN2O2. The molecule has 0 unspecified atom stereocenters. The van der Waals surface area contributed by atoms with E-state index >= 15 is 0 Å². The third-order valence-corrected chi connectivity index (χ3v) is 5.68. The third-order valence-electron chi connectivity index (χ3n) is 2.66. The molecule has 9 heteroatoms. The number of carbonyl (C=O) groups excluding carboxylic acids is 2. The molecule has 23 heavy (non-hydrogen) atoms. The second-order valence-corrected chi connectivity index (χ2v) is 6.97. The summed E-state index contributed by atoms with van der Waals surface area (Å²) in [5.41, 5.74) is 0.362. The Morgan fingerprint density at radius 1 is 0.913 bits per heavy atom. The van der Waals surface area contributed by atoms with Gasteiger partial charge in [0.1, 0.15) is 0 Å². The Bertz CT molecular complexity index is 755. The smallest absolute Gasteiger partial charge is 0.308 e. The lowest BCUT2D eigenvalue weighted by atomic mass is 10.2. The minimum Gasteiger partial charge on any atom is -0.308 e. The standard InChI is InChI=1S/C14H7Cl4IN2O2/c15-7-2-1-3-8(16)11(7)13(22)21-14(23)20-6-4-9(17)12(19)10(18)5-6/h1-5H,(H2,20,21,22,23). The molecule has 0 spiro atoms. The summed E-state index contributed by atoms with van der Waals surface area (Å²) in [5, 5.41) is 5.65. The van der Waals surface area contributed by atoms with E-state index in [2.05, 4.69) is 10.6 Å². The highest BCUT2D eigenvalue weighted by molar-refractivity contribution is 14.1. The average molecular weight is 504 g/mol. The summed E-state index contributed by atoms with van der Waals surface area (Å²) in [4.78, 5) is 24.0. The fraction of sp³-hybridized carbons (Fsp3) is 0. The van der Waals surface area contributed by atoms with Crippen LogP contribution in [0.2, 0.25) is 20.1 Å². The van der Waals surface area contributed by atoms with Crippen molar-refractivity contribution in [3.8, 4) is 0 Å². The van der Waals surface area contributed by atoms with Gasteiger partial charge in [-0.1, -0.05) is 52.5 Å². The van der Waals surface area contributed by atoms with Crippen molar-refractivity contribution in [2.75, 3.05) is 5.32 Å². The normalized spacial score (nSPS) is 10.3. The number of rotatable bonds is 2. The van der Waals surface area contributed by atoms with Gasteiger partial charge in [-0.2, -0.15) is 0 Å². The number of nitrogens with one attached hydrogen (secondary N) is 2. The summed E-state index contributed by atoms with van der Waals surface area (Å²) in [5.74, 6) is -0.721. The summed E-state index contributed by atoms with van der Waals surface area (Å²) in [6.45, 7) is 0. The molecule has 0 aliphatic rings. The van der Waals surface area contributed by atoms with Gasteiger partial charge < -0.3 is 5.32 Å². The highest BCUT2D eigenvalue weighted by Crippen LogP contribution is 2.30. The van der Waals surface area contributed by atoms with E-state index in [4.69, 9.17) is 46.4 Å². The lowest BCUT2D eigenvalue weighted by Crippen LogP contribution is -2.34. The van der Waals surface area contributed by atoms with Gasteiger partial charge in [-0.3, -0.25) is 10.1 Å². The van der Waals surface area contributed by atoms with Gasteiger partial charge in [0, 0.05) is 5.69 Å². The maximum Gasteiger partial charge on any atom is 0.326 e. The summed E-state index contributed by atoms with van der Waals surface area (Å²) in [7, 11) is 0. The lowest BCUT2D eigenvalue weighted by Gasteiger charge is -2.10. The van der Waals surface area contributed by atoms with Crippen molar-refractivity contribution < 1.29 is 9.59 Å². The molecule has 0 saturated heterocycles. The molecular weight excluding hydrogens is 497 g/mol. The van der Waals surface area contributed by atoms with Crippen molar-refractivity contribution in [2.24, 2.45) is 0 Å². The molecule has 0 bridgehead atoms. The predicted molar refractivity (Wildman–Crippen MR) is 102 cm³/mol. The Morgan fingerprint density at radius 2 is 1.43 bits per heavy atom. The van der Waals surface area contributed by atoms with Crippen LogP contribution in [-0.2, 0) is 0 Å². The molecule has 2 aromatic rings. The zero-order chi connectivity index (χ0) is 17.1. The number of halogens is 5. The number of hydrogen-bond donors (Lipinski definition) is 2. The second kappa shape index (κ2) is 7.90.